The summed E-state index contributed by atoms with van der Waals surface area (Å²) in [5.74, 6) is 1.97. The normalized spacial score (nSPS) is 17.7. The minimum Gasteiger partial charge on any atom is -0.378 e. The molecule has 2 aromatic carbocycles. The minimum atomic E-state index is 0.768. The van der Waals surface area contributed by atoms with Gasteiger partial charge in [0.1, 0.15) is 5.82 Å². The Morgan fingerprint density at radius 3 is 2.55 bits per heavy atom. The van der Waals surface area contributed by atoms with Crippen molar-refractivity contribution in [3.8, 4) is 0 Å². The van der Waals surface area contributed by atoms with Crippen LogP contribution in [0, 0.1) is 13.8 Å². The lowest BCUT2D eigenvalue weighted by Gasteiger charge is -2.30. The third-order valence-electron chi connectivity index (χ3n) is 6.53. The Kier molecular flexibility index (Phi) is 5.70. The average molecular weight is 415 g/mol. The molecule has 1 fully saturated rings. The number of aryl methyl sites for hydroxylation is 1. The molecule has 3 aromatic rings. The second-order valence-corrected chi connectivity index (χ2v) is 8.53. The molecule has 0 bridgehead atoms. The van der Waals surface area contributed by atoms with E-state index in [9.17, 15) is 0 Å². The van der Waals surface area contributed by atoms with Gasteiger partial charge in [-0.1, -0.05) is 48.5 Å². The largest absolute Gasteiger partial charge is 0.378 e. The third-order valence-corrected chi connectivity index (χ3v) is 6.53. The van der Waals surface area contributed by atoms with Crippen LogP contribution in [0.5, 0.6) is 0 Å². The van der Waals surface area contributed by atoms with E-state index in [1.165, 1.54) is 27.5 Å². The van der Waals surface area contributed by atoms with Gasteiger partial charge in [0.05, 0.1) is 13.2 Å². The van der Waals surface area contributed by atoms with Crippen molar-refractivity contribution in [2.75, 3.05) is 44.3 Å². The number of anilines is 1. The van der Waals surface area contributed by atoms with E-state index in [0.717, 1.165) is 69.7 Å². The maximum Gasteiger partial charge on any atom is 0.157 e. The second kappa shape index (κ2) is 8.77. The highest BCUT2D eigenvalue weighted by atomic mass is 16.5. The Balaban J connectivity index is 1.34. The number of morpholine rings is 1. The standard InChI is InChI=1S/C26H30N4O/c1-19-20(2)27-25(28-26(19)30-14-16-31-17-15-30)22-10-12-29(13-11-22)18-23-8-5-7-21-6-3-4-9-24(21)23/h3-10H,11-18H2,1-2H3. The van der Waals surface area contributed by atoms with Crippen LogP contribution in [0.2, 0.25) is 0 Å². The Bertz CT molecular complexity index is 1110. The third kappa shape index (κ3) is 4.21. The van der Waals surface area contributed by atoms with Gasteiger partial charge in [-0.3, -0.25) is 4.90 Å². The monoisotopic (exact) mass is 414 g/mol. The maximum absolute atomic E-state index is 5.52. The number of rotatable bonds is 4. The summed E-state index contributed by atoms with van der Waals surface area (Å²) in [5, 5.41) is 2.67. The van der Waals surface area contributed by atoms with E-state index >= 15 is 0 Å². The fourth-order valence-electron chi connectivity index (χ4n) is 4.57. The summed E-state index contributed by atoms with van der Waals surface area (Å²) in [7, 11) is 0. The molecular weight excluding hydrogens is 384 g/mol. The lowest BCUT2D eigenvalue weighted by Crippen LogP contribution is -2.37. The van der Waals surface area contributed by atoms with Crippen molar-refractivity contribution in [3.63, 3.8) is 0 Å². The van der Waals surface area contributed by atoms with E-state index in [4.69, 9.17) is 14.7 Å². The molecule has 0 N–H and O–H groups in total. The number of aromatic nitrogens is 2. The van der Waals surface area contributed by atoms with Crippen molar-refractivity contribution < 1.29 is 4.74 Å². The summed E-state index contributed by atoms with van der Waals surface area (Å²) in [4.78, 5) is 14.7. The summed E-state index contributed by atoms with van der Waals surface area (Å²) in [6, 6.07) is 15.3. The number of nitrogens with zero attached hydrogens (tertiary/aromatic N) is 4. The van der Waals surface area contributed by atoms with Gasteiger partial charge < -0.3 is 9.64 Å². The first kappa shape index (κ1) is 20.2. The zero-order valence-electron chi connectivity index (χ0n) is 18.5. The summed E-state index contributed by atoms with van der Waals surface area (Å²) in [6.45, 7) is 10.5. The Labute approximate surface area is 184 Å². The fraction of sp³-hybridized carbons (Fsp3) is 0.385. The quantitative estimate of drug-likeness (QED) is 0.634. The molecule has 0 radical (unpaired) electrons. The van der Waals surface area contributed by atoms with Crippen LogP contribution in [0.15, 0.2) is 48.5 Å². The van der Waals surface area contributed by atoms with Gasteiger partial charge in [0, 0.05) is 44.0 Å². The lowest BCUT2D eigenvalue weighted by atomic mass is 10.0. The molecule has 5 heteroatoms. The highest BCUT2D eigenvalue weighted by molar-refractivity contribution is 5.85. The first-order valence-corrected chi connectivity index (χ1v) is 11.3. The van der Waals surface area contributed by atoms with Crippen LogP contribution < -0.4 is 4.90 Å². The summed E-state index contributed by atoms with van der Waals surface area (Å²) < 4.78 is 5.52. The van der Waals surface area contributed by atoms with E-state index in [2.05, 4.69) is 72.2 Å². The Hall–Kier alpha value is -2.76. The molecule has 5 nitrogen and oxygen atoms in total. The number of hydrogen-bond donors (Lipinski definition) is 0. The van der Waals surface area contributed by atoms with E-state index in [1.54, 1.807) is 0 Å². The summed E-state index contributed by atoms with van der Waals surface area (Å²) in [5.41, 5.74) is 4.92. The van der Waals surface area contributed by atoms with E-state index in [-0.39, 0.29) is 0 Å². The molecule has 0 saturated carbocycles. The van der Waals surface area contributed by atoms with Crippen molar-refractivity contribution in [2.24, 2.45) is 0 Å². The van der Waals surface area contributed by atoms with Crippen LogP contribution in [-0.4, -0.2) is 54.3 Å². The summed E-state index contributed by atoms with van der Waals surface area (Å²) >= 11 is 0. The SMILES string of the molecule is Cc1nc(C2=CCN(Cc3cccc4ccccc34)CC2)nc(N2CCOCC2)c1C. The van der Waals surface area contributed by atoms with Gasteiger partial charge in [-0.25, -0.2) is 9.97 Å². The van der Waals surface area contributed by atoms with Gasteiger partial charge in [0.25, 0.3) is 0 Å². The average Bonchev–Trinajstić information content (AvgIpc) is 2.82. The van der Waals surface area contributed by atoms with Crippen molar-refractivity contribution in [1.29, 1.82) is 0 Å². The highest BCUT2D eigenvalue weighted by Gasteiger charge is 2.21. The summed E-state index contributed by atoms with van der Waals surface area (Å²) in [6.07, 6.45) is 3.30. The minimum absolute atomic E-state index is 0.768. The molecule has 0 spiro atoms. The van der Waals surface area contributed by atoms with E-state index in [0.29, 0.717) is 0 Å². The van der Waals surface area contributed by atoms with Crippen molar-refractivity contribution in [2.45, 2.75) is 26.8 Å². The number of hydrogen-bond acceptors (Lipinski definition) is 5. The van der Waals surface area contributed by atoms with E-state index < -0.39 is 0 Å². The van der Waals surface area contributed by atoms with Gasteiger partial charge >= 0.3 is 0 Å². The van der Waals surface area contributed by atoms with Crippen LogP contribution in [0.25, 0.3) is 16.3 Å². The molecule has 0 unspecified atom stereocenters. The molecule has 1 aromatic heterocycles. The molecule has 1 saturated heterocycles. The van der Waals surface area contributed by atoms with Crippen molar-refractivity contribution in [3.05, 3.63) is 71.2 Å². The molecule has 31 heavy (non-hydrogen) atoms. The topological polar surface area (TPSA) is 41.5 Å². The lowest BCUT2D eigenvalue weighted by molar-refractivity contribution is 0.122. The molecule has 0 atom stereocenters. The van der Waals surface area contributed by atoms with Gasteiger partial charge in [0.2, 0.25) is 0 Å². The smallest absolute Gasteiger partial charge is 0.157 e. The van der Waals surface area contributed by atoms with Crippen LogP contribution in [0.1, 0.15) is 29.1 Å². The Morgan fingerprint density at radius 1 is 0.935 bits per heavy atom. The van der Waals surface area contributed by atoms with Gasteiger partial charge in [-0.05, 0) is 42.2 Å². The van der Waals surface area contributed by atoms with Crippen molar-refractivity contribution >= 4 is 22.2 Å². The molecule has 2 aliphatic rings. The molecule has 3 heterocycles. The molecule has 0 aliphatic carbocycles. The predicted molar refractivity (Wildman–Crippen MR) is 126 cm³/mol. The molecular formula is C26H30N4O. The fourth-order valence-corrected chi connectivity index (χ4v) is 4.57. The number of ether oxygens (including phenoxy) is 1. The number of fused-ring (bicyclic) bond motifs is 1. The number of benzene rings is 2. The van der Waals surface area contributed by atoms with Crippen LogP contribution >= 0.6 is 0 Å². The maximum atomic E-state index is 5.52. The van der Waals surface area contributed by atoms with Gasteiger partial charge in [-0.2, -0.15) is 0 Å². The second-order valence-electron chi connectivity index (χ2n) is 8.53. The Morgan fingerprint density at radius 2 is 1.74 bits per heavy atom. The predicted octanol–water partition coefficient (Wildman–Crippen LogP) is 4.37. The molecule has 0 amide bonds. The zero-order valence-corrected chi connectivity index (χ0v) is 18.5. The van der Waals surface area contributed by atoms with Crippen LogP contribution in [0.4, 0.5) is 5.82 Å². The van der Waals surface area contributed by atoms with Gasteiger partial charge in [0.15, 0.2) is 5.82 Å². The zero-order chi connectivity index (χ0) is 21.2. The van der Waals surface area contributed by atoms with E-state index in [1.807, 2.05) is 0 Å². The first-order chi connectivity index (χ1) is 15.2. The van der Waals surface area contributed by atoms with Crippen LogP contribution in [0.3, 0.4) is 0 Å². The van der Waals surface area contributed by atoms with Gasteiger partial charge in [-0.15, -0.1) is 0 Å². The highest BCUT2D eigenvalue weighted by Crippen LogP contribution is 2.27. The molecule has 2 aliphatic heterocycles. The molecule has 160 valence electrons. The first-order valence-electron chi connectivity index (χ1n) is 11.3. The van der Waals surface area contributed by atoms with Crippen LogP contribution in [-0.2, 0) is 11.3 Å². The van der Waals surface area contributed by atoms with Crippen molar-refractivity contribution in [1.82, 2.24) is 14.9 Å². The molecule has 5 rings (SSSR count).